The van der Waals surface area contributed by atoms with E-state index in [1.165, 1.54) is 35.3 Å². The Labute approximate surface area is 92.1 Å². The standard InChI is InChI=1S/C13H20S/c1-4-6-8-12-9-7-10-13(11(12)3)14-5-2/h7,9-10H,4-6,8H2,1-3H3. The van der Waals surface area contributed by atoms with Gasteiger partial charge in [0.05, 0.1) is 0 Å². The summed E-state index contributed by atoms with van der Waals surface area (Å²) in [4.78, 5) is 1.46. The van der Waals surface area contributed by atoms with E-state index in [-0.39, 0.29) is 0 Å². The maximum Gasteiger partial charge on any atom is 0.0104 e. The molecule has 0 saturated heterocycles. The van der Waals surface area contributed by atoms with Gasteiger partial charge in [0.25, 0.3) is 0 Å². The molecule has 0 fully saturated rings. The highest BCUT2D eigenvalue weighted by Gasteiger charge is 2.02. The van der Waals surface area contributed by atoms with Crippen LogP contribution in [0.3, 0.4) is 0 Å². The normalized spacial score (nSPS) is 10.5. The van der Waals surface area contributed by atoms with Crippen LogP contribution in [0.15, 0.2) is 23.1 Å². The van der Waals surface area contributed by atoms with Crippen LogP contribution in [0.2, 0.25) is 0 Å². The van der Waals surface area contributed by atoms with Gasteiger partial charge in [-0.15, -0.1) is 11.8 Å². The number of aryl methyl sites for hydroxylation is 1. The Balaban J connectivity index is 2.78. The topological polar surface area (TPSA) is 0 Å². The highest BCUT2D eigenvalue weighted by Crippen LogP contribution is 2.25. The summed E-state index contributed by atoms with van der Waals surface area (Å²) >= 11 is 1.95. The van der Waals surface area contributed by atoms with Gasteiger partial charge in [0, 0.05) is 4.90 Å². The van der Waals surface area contributed by atoms with Crippen molar-refractivity contribution in [2.75, 3.05) is 5.75 Å². The second kappa shape index (κ2) is 6.13. The fraction of sp³-hybridized carbons (Fsp3) is 0.538. The predicted molar refractivity (Wildman–Crippen MR) is 66.2 cm³/mol. The van der Waals surface area contributed by atoms with Gasteiger partial charge in [0.1, 0.15) is 0 Å². The van der Waals surface area contributed by atoms with Gasteiger partial charge in [-0.3, -0.25) is 0 Å². The van der Waals surface area contributed by atoms with E-state index < -0.39 is 0 Å². The molecule has 0 heterocycles. The Hall–Kier alpha value is -0.430. The minimum atomic E-state index is 1.16. The third-order valence-electron chi connectivity index (χ3n) is 2.50. The quantitative estimate of drug-likeness (QED) is 0.644. The molecule has 0 saturated carbocycles. The van der Waals surface area contributed by atoms with Crippen LogP contribution in [0.25, 0.3) is 0 Å². The summed E-state index contributed by atoms with van der Waals surface area (Å²) in [7, 11) is 0. The van der Waals surface area contributed by atoms with Crippen LogP contribution in [0.4, 0.5) is 0 Å². The van der Waals surface area contributed by atoms with Crippen LogP contribution in [0.5, 0.6) is 0 Å². The minimum Gasteiger partial charge on any atom is -0.126 e. The van der Waals surface area contributed by atoms with Gasteiger partial charge in [0.2, 0.25) is 0 Å². The van der Waals surface area contributed by atoms with Gasteiger partial charge in [0.15, 0.2) is 0 Å². The molecule has 0 bridgehead atoms. The van der Waals surface area contributed by atoms with Crippen molar-refractivity contribution < 1.29 is 0 Å². The van der Waals surface area contributed by atoms with Crippen molar-refractivity contribution in [3.05, 3.63) is 29.3 Å². The third-order valence-corrected chi connectivity index (χ3v) is 3.54. The molecule has 0 spiro atoms. The summed E-state index contributed by atoms with van der Waals surface area (Å²) in [5, 5.41) is 0. The number of thioether (sulfide) groups is 1. The summed E-state index contributed by atoms with van der Waals surface area (Å²) in [5.74, 6) is 1.16. The van der Waals surface area contributed by atoms with Gasteiger partial charge in [-0.25, -0.2) is 0 Å². The van der Waals surface area contributed by atoms with Crippen LogP contribution >= 0.6 is 11.8 Å². The van der Waals surface area contributed by atoms with E-state index >= 15 is 0 Å². The van der Waals surface area contributed by atoms with Gasteiger partial charge in [-0.05, 0) is 42.7 Å². The van der Waals surface area contributed by atoms with Crippen molar-refractivity contribution in [2.24, 2.45) is 0 Å². The van der Waals surface area contributed by atoms with Crippen molar-refractivity contribution in [2.45, 2.75) is 44.9 Å². The first-order valence-electron chi connectivity index (χ1n) is 5.50. The molecule has 0 aromatic heterocycles. The molecule has 0 aliphatic carbocycles. The van der Waals surface area contributed by atoms with Crippen LogP contribution in [0, 0.1) is 6.92 Å². The average molecular weight is 208 g/mol. The van der Waals surface area contributed by atoms with Crippen LogP contribution in [0.1, 0.15) is 37.8 Å². The maximum atomic E-state index is 2.27. The highest BCUT2D eigenvalue weighted by atomic mass is 32.2. The fourth-order valence-corrected chi connectivity index (χ4v) is 2.44. The highest BCUT2D eigenvalue weighted by molar-refractivity contribution is 7.99. The molecular formula is C13H20S. The molecule has 0 radical (unpaired) electrons. The Morgan fingerprint density at radius 3 is 2.64 bits per heavy atom. The molecule has 1 aromatic rings. The van der Waals surface area contributed by atoms with E-state index in [4.69, 9.17) is 0 Å². The Morgan fingerprint density at radius 1 is 1.21 bits per heavy atom. The minimum absolute atomic E-state index is 1.16. The summed E-state index contributed by atoms with van der Waals surface area (Å²) < 4.78 is 0. The monoisotopic (exact) mass is 208 g/mol. The van der Waals surface area contributed by atoms with Crippen molar-refractivity contribution in [1.29, 1.82) is 0 Å². The van der Waals surface area contributed by atoms with E-state index in [2.05, 4.69) is 39.0 Å². The Morgan fingerprint density at radius 2 is 2.00 bits per heavy atom. The lowest BCUT2D eigenvalue weighted by Crippen LogP contribution is -1.91. The average Bonchev–Trinajstić information content (AvgIpc) is 2.20. The summed E-state index contributed by atoms with van der Waals surface area (Å²) in [6, 6.07) is 6.69. The molecular weight excluding hydrogens is 188 g/mol. The molecule has 78 valence electrons. The third kappa shape index (κ3) is 3.06. The molecule has 0 unspecified atom stereocenters. The van der Waals surface area contributed by atoms with Gasteiger partial charge in [-0.1, -0.05) is 32.4 Å². The second-order valence-electron chi connectivity index (χ2n) is 3.58. The summed E-state index contributed by atoms with van der Waals surface area (Å²) in [6.07, 6.45) is 3.83. The van der Waals surface area contributed by atoms with Gasteiger partial charge >= 0.3 is 0 Å². The maximum absolute atomic E-state index is 2.27. The predicted octanol–water partition coefficient (Wildman–Crippen LogP) is 4.45. The van der Waals surface area contributed by atoms with Crippen molar-refractivity contribution in [3.8, 4) is 0 Å². The largest absolute Gasteiger partial charge is 0.126 e. The second-order valence-corrected chi connectivity index (χ2v) is 4.88. The van der Waals surface area contributed by atoms with E-state index in [1.54, 1.807) is 0 Å². The van der Waals surface area contributed by atoms with E-state index in [9.17, 15) is 0 Å². The lowest BCUT2D eigenvalue weighted by atomic mass is 10.0. The van der Waals surface area contributed by atoms with E-state index in [0.29, 0.717) is 0 Å². The van der Waals surface area contributed by atoms with E-state index in [0.717, 1.165) is 5.75 Å². The number of hydrogen-bond donors (Lipinski definition) is 0. The SMILES string of the molecule is CCCCc1cccc(SCC)c1C. The van der Waals surface area contributed by atoms with Crippen LogP contribution in [-0.4, -0.2) is 5.75 Å². The molecule has 0 atom stereocenters. The molecule has 14 heavy (non-hydrogen) atoms. The van der Waals surface area contributed by atoms with Crippen molar-refractivity contribution in [1.82, 2.24) is 0 Å². The van der Waals surface area contributed by atoms with Gasteiger partial charge < -0.3 is 0 Å². The number of rotatable bonds is 5. The van der Waals surface area contributed by atoms with E-state index in [1.807, 2.05) is 11.8 Å². The zero-order valence-electron chi connectivity index (χ0n) is 9.47. The van der Waals surface area contributed by atoms with Crippen molar-refractivity contribution in [3.63, 3.8) is 0 Å². The number of benzene rings is 1. The Kier molecular flexibility index (Phi) is 5.10. The van der Waals surface area contributed by atoms with Crippen LogP contribution < -0.4 is 0 Å². The molecule has 0 aliphatic heterocycles. The smallest absolute Gasteiger partial charge is 0.0104 e. The zero-order valence-corrected chi connectivity index (χ0v) is 10.3. The lowest BCUT2D eigenvalue weighted by molar-refractivity contribution is 0.789. The lowest BCUT2D eigenvalue weighted by Gasteiger charge is -2.09. The first-order chi connectivity index (χ1) is 6.79. The van der Waals surface area contributed by atoms with Gasteiger partial charge in [-0.2, -0.15) is 0 Å². The molecule has 0 aliphatic rings. The molecule has 0 N–H and O–H groups in total. The molecule has 0 nitrogen and oxygen atoms in total. The molecule has 1 heteroatoms. The Bertz CT molecular complexity index is 279. The number of hydrogen-bond acceptors (Lipinski definition) is 1. The first-order valence-corrected chi connectivity index (χ1v) is 6.49. The molecule has 0 amide bonds. The summed E-state index contributed by atoms with van der Waals surface area (Å²) in [5.41, 5.74) is 3.03. The zero-order chi connectivity index (χ0) is 10.4. The first kappa shape index (κ1) is 11.6. The van der Waals surface area contributed by atoms with Crippen molar-refractivity contribution >= 4 is 11.8 Å². The fourth-order valence-electron chi connectivity index (χ4n) is 1.61. The van der Waals surface area contributed by atoms with Crippen LogP contribution in [-0.2, 0) is 6.42 Å². The number of unbranched alkanes of at least 4 members (excludes halogenated alkanes) is 1. The molecule has 1 rings (SSSR count). The summed E-state index contributed by atoms with van der Waals surface area (Å²) in [6.45, 7) is 6.71. The molecule has 1 aromatic carbocycles.